The van der Waals surface area contributed by atoms with E-state index in [0.29, 0.717) is 0 Å². The summed E-state index contributed by atoms with van der Waals surface area (Å²) in [5.74, 6) is 0.841. The van der Waals surface area contributed by atoms with Crippen LogP contribution in [0.3, 0.4) is 0 Å². The summed E-state index contributed by atoms with van der Waals surface area (Å²) < 4.78 is 5.33. The zero-order valence-corrected chi connectivity index (χ0v) is 9.76. The van der Waals surface area contributed by atoms with Crippen LogP contribution in [-0.4, -0.2) is 12.1 Å². The summed E-state index contributed by atoms with van der Waals surface area (Å²) in [4.78, 5) is 3.27. The molecule has 0 saturated carbocycles. The number of aromatic nitrogens is 1. The summed E-state index contributed by atoms with van der Waals surface area (Å²) in [6.45, 7) is 8.03. The fourth-order valence-electron chi connectivity index (χ4n) is 1.70. The van der Waals surface area contributed by atoms with Crippen molar-refractivity contribution >= 4 is 11.8 Å². The quantitative estimate of drug-likeness (QED) is 0.795. The molecule has 0 aliphatic rings. The topological polar surface area (TPSA) is 25.0 Å². The number of H-pyrrole nitrogens is 1. The molecule has 0 radical (unpaired) electrons. The molecule has 2 heteroatoms. The highest BCUT2D eigenvalue weighted by Crippen LogP contribution is 1.97. The van der Waals surface area contributed by atoms with Crippen LogP contribution in [0.15, 0.2) is 18.9 Å². The second-order valence-corrected chi connectivity index (χ2v) is 3.34. The molecule has 15 heavy (non-hydrogen) atoms. The molecule has 2 nitrogen and oxygen atoms in total. The summed E-state index contributed by atoms with van der Waals surface area (Å²) in [6, 6.07) is 0. The first-order valence-electron chi connectivity index (χ1n) is 5.35. The Morgan fingerprint density at radius 1 is 1.53 bits per heavy atom. The molecule has 82 valence electrons. The molecule has 0 atom stereocenters. The third kappa shape index (κ3) is 2.32. The summed E-state index contributed by atoms with van der Waals surface area (Å²) in [7, 11) is 1.68. The highest BCUT2D eigenvalue weighted by atomic mass is 16.5. The number of hydrogen-bond acceptors (Lipinski definition) is 1. The Balaban J connectivity index is 3.60. The van der Waals surface area contributed by atoms with Gasteiger partial charge in [-0.3, -0.25) is 0 Å². The van der Waals surface area contributed by atoms with Gasteiger partial charge in [-0.25, -0.2) is 0 Å². The summed E-state index contributed by atoms with van der Waals surface area (Å²) in [5.41, 5.74) is 1.27. The van der Waals surface area contributed by atoms with Crippen LogP contribution in [0.2, 0.25) is 0 Å². The van der Waals surface area contributed by atoms with Gasteiger partial charge in [-0.1, -0.05) is 26.5 Å². The molecule has 1 aromatic heterocycles. The van der Waals surface area contributed by atoms with Gasteiger partial charge in [0.2, 0.25) is 0 Å². The molecule has 0 unspecified atom stereocenters. The van der Waals surface area contributed by atoms with Gasteiger partial charge in [-0.15, -0.1) is 0 Å². The smallest absolute Gasteiger partial charge is 0.127 e. The standard InChI is InChI=1S/C13H19NO/c1-5-8-11-13(12(7-3)15-4)10(6-2)9-14-11/h7-9,14H,3,5-6H2,1-2,4H3. The highest BCUT2D eigenvalue weighted by Gasteiger charge is 2.01. The minimum absolute atomic E-state index is 0.841. The van der Waals surface area contributed by atoms with Gasteiger partial charge in [0, 0.05) is 16.8 Å². The Hall–Kier alpha value is -1.44. The Morgan fingerprint density at radius 3 is 2.73 bits per heavy atom. The molecule has 1 N–H and O–H groups in total. The number of rotatable bonds is 4. The minimum Gasteiger partial charge on any atom is -0.496 e. The van der Waals surface area contributed by atoms with Crippen LogP contribution in [0.5, 0.6) is 0 Å². The van der Waals surface area contributed by atoms with E-state index in [2.05, 4.69) is 31.5 Å². The van der Waals surface area contributed by atoms with Crippen molar-refractivity contribution in [1.29, 1.82) is 0 Å². The lowest BCUT2D eigenvalue weighted by molar-refractivity contribution is 0.369. The van der Waals surface area contributed by atoms with Gasteiger partial charge in [0.05, 0.1) is 7.11 Å². The Labute approximate surface area is 91.0 Å². The maximum absolute atomic E-state index is 5.33. The van der Waals surface area contributed by atoms with Crippen molar-refractivity contribution in [3.05, 3.63) is 35.0 Å². The molecule has 0 saturated heterocycles. The molecule has 1 rings (SSSR count). The summed E-state index contributed by atoms with van der Waals surface area (Å²) in [5, 5.41) is 2.28. The molecule has 0 spiro atoms. The van der Waals surface area contributed by atoms with E-state index in [-0.39, 0.29) is 0 Å². The van der Waals surface area contributed by atoms with E-state index in [0.717, 1.165) is 29.2 Å². The number of aryl methyl sites for hydroxylation is 1. The first-order chi connectivity index (χ1) is 7.28. The molecule has 1 heterocycles. The molecule has 0 aliphatic carbocycles. The fourth-order valence-corrected chi connectivity index (χ4v) is 1.70. The monoisotopic (exact) mass is 205 g/mol. The van der Waals surface area contributed by atoms with E-state index in [4.69, 9.17) is 4.74 Å². The number of aromatic amines is 1. The lowest BCUT2D eigenvalue weighted by Gasteiger charge is -1.99. The van der Waals surface area contributed by atoms with E-state index in [1.54, 1.807) is 13.2 Å². The van der Waals surface area contributed by atoms with Crippen LogP contribution in [0.4, 0.5) is 0 Å². The number of methoxy groups -OCH3 is 1. The van der Waals surface area contributed by atoms with Crippen molar-refractivity contribution in [3.8, 4) is 0 Å². The third-order valence-electron chi connectivity index (χ3n) is 2.43. The van der Waals surface area contributed by atoms with E-state index in [1.807, 2.05) is 6.20 Å². The zero-order valence-electron chi connectivity index (χ0n) is 9.76. The van der Waals surface area contributed by atoms with Crippen LogP contribution in [0.25, 0.3) is 11.8 Å². The predicted octanol–water partition coefficient (Wildman–Crippen LogP) is 1.71. The lowest BCUT2D eigenvalue weighted by atomic mass is 10.2. The summed E-state index contributed by atoms with van der Waals surface area (Å²) >= 11 is 0. The fraction of sp³-hybridized carbons (Fsp3) is 0.385. The van der Waals surface area contributed by atoms with Crippen molar-refractivity contribution in [2.45, 2.75) is 26.7 Å². The van der Waals surface area contributed by atoms with Gasteiger partial charge in [0.1, 0.15) is 5.76 Å². The molecule has 0 fully saturated rings. The molecule has 0 amide bonds. The van der Waals surface area contributed by atoms with E-state index in [1.165, 1.54) is 5.56 Å². The van der Waals surface area contributed by atoms with Crippen LogP contribution in [-0.2, 0) is 11.2 Å². The second kappa shape index (κ2) is 5.44. The van der Waals surface area contributed by atoms with Crippen molar-refractivity contribution in [1.82, 2.24) is 4.98 Å². The predicted molar refractivity (Wildman–Crippen MR) is 64.8 cm³/mol. The van der Waals surface area contributed by atoms with E-state index >= 15 is 0 Å². The van der Waals surface area contributed by atoms with Crippen LogP contribution in [0.1, 0.15) is 25.8 Å². The van der Waals surface area contributed by atoms with Crippen molar-refractivity contribution in [3.63, 3.8) is 0 Å². The third-order valence-corrected chi connectivity index (χ3v) is 2.43. The molecule has 0 bridgehead atoms. The lowest BCUT2D eigenvalue weighted by Crippen LogP contribution is -2.27. The van der Waals surface area contributed by atoms with Crippen LogP contribution >= 0.6 is 0 Å². The van der Waals surface area contributed by atoms with Crippen LogP contribution < -0.4 is 10.6 Å². The molecule has 0 aliphatic heterocycles. The van der Waals surface area contributed by atoms with E-state index < -0.39 is 0 Å². The van der Waals surface area contributed by atoms with Crippen molar-refractivity contribution < 1.29 is 4.74 Å². The Bertz CT molecular complexity index is 440. The Kier molecular flexibility index (Phi) is 4.22. The number of nitrogens with one attached hydrogen (secondary N) is 1. The maximum atomic E-state index is 5.33. The first kappa shape index (κ1) is 11.6. The van der Waals surface area contributed by atoms with E-state index in [9.17, 15) is 0 Å². The molecule has 1 aromatic rings. The minimum atomic E-state index is 0.841. The number of ether oxygens (including phenoxy) is 1. The van der Waals surface area contributed by atoms with Crippen molar-refractivity contribution in [2.24, 2.45) is 0 Å². The van der Waals surface area contributed by atoms with Gasteiger partial charge >= 0.3 is 0 Å². The molecular weight excluding hydrogens is 186 g/mol. The second-order valence-electron chi connectivity index (χ2n) is 3.34. The maximum Gasteiger partial charge on any atom is 0.127 e. The molecular formula is C13H19NO. The Morgan fingerprint density at radius 2 is 2.27 bits per heavy atom. The average molecular weight is 205 g/mol. The zero-order chi connectivity index (χ0) is 11.3. The number of hydrogen-bond donors (Lipinski definition) is 1. The normalized spacial score (nSPS) is 13.9. The van der Waals surface area contributed by atoms with Gasteiger partial charge in [-0.2, -0.15) is 0 Å². The van der Waals surface area contributed by atoms with Gasteiger partial charge in [0.15, 0.2) is 0 Å². The summed E-state index contributed by atoms with van der Waals surface area (Å²) in [6.07, 6.45) is 7.96. The largest absolute Gasteiger partial charge is 0.496 e. The van der Waals surface area contributed by atoms with Crippen molar-refractivity contribution in [2.75, 3.05) is 7.11 Å². The first-order valence-corrected chi connectivity index (χ1v) is 5.35. The van der Waals surface area contributed by atoms with Gasteiger partial charge < -0.3 is 9.72 Å². The van der Waals surface area contributed by atoms with Gasteiger partial charge in [0.25, 0.3) is 0 Å². The SMILES string of the molecule is C=CC(OC)=c1c(CC)c[nH]c1=CCC. The highest BCUT2D eigenvalue weighted by molar-refractivity contribution is 5.51. The average Bonchev–Trinajstić information content (AvgIpc) is 2.64. The van der Waals surface area contributed by atoms with Crippen LogP contribution in [0, 0.1) is 0 Å². The van der Waals surface area contributed by atoms with Gasteiger partial charge in [-0.05, 0) is 24.5 Å². The molecule has 0 aromatic carbocycles.